The van der Waals surface area contributed by atoms with Gasteiger partial charge >= 0.3 is 0 Å². The van der Waals surface area contributed by atoms with E-state index in [1.165, 1.54) is 5.56 Å². The molecule has 0 spiro atoms. The third kappa shape index (κ3) is 2.68. The number of halogens is 1. The first-order valence-corrected chi connectivity index (χ1v) is 6.26. The van der Waals surface area contributed by atoms with Gasteiger partial charge in [-0.05, 0) is 18.1 Å². The molecule has 0 aromatic carbocycles. The lowest BCUT2D eigenvalue weighted by Gasteiger charge is -1.98. The summed E-state index contributed by atoms with van der Waals surface area (Å²) in [6.07, 6.45) is 4.37. The molecule has 1 unspecified atom stereocenters. The van der Waals surface area contributed by atoms with E-state index in [4.69, 9.17) is 0 Å². The first-order chi connectivity index (χ1) is 5.74. The first-order valence-electron chi connectivity index (χ1n) is 3.58. The molecule has 0 saturated carbocycles. The fraction of sp³-hybridized carbons (Fsp3) is 0.375. The van der Waals surface area contributed by atoms with Gasteiger partial charge in [-0.2, -0.15) is 0 Å². The average Bonchev–Trinajstić information content (AvgIpc) is 2.06. The highest BCUT2D eigenvalue weighted by Gasteiger charge is 1.98. The quantitative estimate of drug-likeness (QED) is 0.763. The lowest BCUT2D eigenvalue weighted by molar-refractivity contribution is 0.684. The predicted octanol–water partition coefficient (Wildman–Crippen LogP) is 1.76. The van der Waals surface area contributed by atoms with Crippen LogP contribution in [0.4, 0.5) is 0 Å². The molecule has 0 saturated heterocycles. The van der Waals surface area contributed by atoms with E-state index in [2.05, 4.69) is 20.9 Å². The molecule has 0 fully saturated rings. The van der Waals surface area contributed by atoms with Crippen molar-refractivity contribution in [2.45, 2.75) is 11.4 Å². The van der Waals surface area contributed by atoms with Crippen molar-refractivity contribution in [3.05, 3.63) is 23.9 Å². The Morgan fingerprint density at radius 3 is 2.75 bits per heavy atom. The Kier molecular flexibility index (Phi) is 3.88. The third-order valence-electron chi connectivity index (χ3n) is 1.48. The lowest BCUT2D eigenvalue weighted by atomic mass is 10.2. The number of nitrogens with zero attached hydrogens (tertiary/aromatic N) is 1. The Morgan fingerprint density at radius 1 is 1.58 bits per heavy atom. The molecule has 66 valence electrons. The highest BCUT2D eigenvalue weighted by Crippen LogP contribution is 2.04. The Morgan fingerprint density at radius 2 is 2.33 bits per heavy atom. The molecular formula is C8H10BrNOS. The predicted molar refractivity (Wildman–Crippen MR) is 54.1 cm³/mol. The molecule has 4 heteroatoms. The average molecular weight is 248 g/mol. The van der Waals surface area contributed by atoms with Gasteiger partial charge in [0.15, 0.2) is 0 Å². The van der Waals surface area contributed by atoms with Crippen LogP contribution in [-0.2, 0) is 17.2 Å². The minimum absolute atomic E-state index is 0.647. The topological polar surface area (TPSA) is 30.0 Å². The largest absolute Gasteiger partial charge is 0.253 e. The number of hydrogen-bond donors (Lipinski definition) is 0. The van der Waals surface area contributed by atoms with Crippen molar-refractivity contribution in [1.29, 1.82) is 0 Å². The van der Waals surface area contributed by atoms with Crippen LogP contribution >= 0.6 is 15.9 Å². The van der Waals surface area contributed by atoms with E-state index in [1.807, 2.05) is 12.1 Å². The summed E-state index contributed by atoms with van der Waals surface area (Å²) in [4.78, 5) is 4.08. The van der Waals surface area contributed by atoms with Crippen LogP contribution < -0.4 is 0 Å². The summed E-state index contributed by atoms with van der Waals surface area (Å²) in [7, 11) is -0.964. The SMILES string of the molecule is CS(=O)c1ccc(CCBr)cn1. The van der Waals surface area contributed by atoms with E-state index in [0.29, 0.717) is 5.03 Å². The number of rotatable bonds is 3. The molecule has 1 aromatic heterocycles. The second-order valence-corrected chi connectivity index (χ2v) is 4.52. The van der Waals surface area contributed by atoms with Crippen molar-refractivity contribution in [2.75, 3.05) is 11.6 Å². The third-order valence-corrected chi connectivity index (χ3v) is 2.70. The maximum Gasteiger partial charge on any atom is 0.126 e. The number of aryl methyl sites for hydroxylation is 1. The van der Waals surface area contributed by atoms with Gasteiger partial charge < -0.3 is 0 Å². The number of aromatic nitrogens is 1. The smallest absolute Gasteiger partial charge is 0.126 e. The molecule has 1 heterocycles. The van der Waals surface area contributed by atoms with E-state index >= 15 is 0 Å². The maximum atomic E-state index is 11.0. The molecule has 2 nitrogen and oxygen atoms in total. The van der Waals surface area contributed by atoms with Crippen molar-refractivity contribution >= 4 is 26.7 Å². The van der Waals surface area contributed by atoms with Gasteiger partial charge in [0.1, 0.15) is 5.03 Å². The standard InChI is InChI=1S/C8H10BrNOS/c1-12(11)8-3-2-7(4-5-9)6-10-8/h2-3,6H,4-5H2,1H3. The van der Waals surface area contributed by atoms with Crippen molar-refractivity contribution in [3.63, 3.8) is 0 Å². The summed E-state index contributed by atoms with van der Waals surface area (Å²) in [6, 6.07) is 3.78. The Hall–Kier alpha value is -0.220. The maximum absolute atomic E-state index is 11.0. The van der Waals surface area contributed by atoms with Crippen LogP contribution in [0.2, 0.25) is 0 Å². The Balaban J connectivity index is 2.78. The van der Waals surface area contributed by atoms with Gasteiger partial charge in [0.25, 0.3) is 0 Å². The lowest BCUT2D eigenvalue weighted by Crippen LogP contribution is -1.93. The Bertz CT molecular complexity index is 273. The van der Waals surface area contributed by atoms with Crippen LogP contribution in [0.1, 0.15) is 5.56 Å². The molecule has 1 rings (SSSR count). The minimum atomic E-state index is -0.964. The molecule has 0 aliphatic carbocycles. The van der Waals surface area contributed by atoms with Crippen LogP contribution in [0.3, 0.4) is 0 Å². The molecule has 0 radical (unpaired) electrons. The summed E-state index contributed by atoms with van der Waals surface area (Å²) in [6.45, 7) is 0. The number of pyridine rings is 1. The zero-order valence-corrected chi connectivity index (χ0v) is 9.19. The number of alkyl halides is 1. The zero-order valence-electron chi connectivity index (χ0n) is 6.79. The van der Waals surface area contributed by atoms with Gasteiger partial charge in [0.2, 0.25) is 0 Å². The molecule has 0 aliphatic rings. The zero-order chi connectivity index (χ0) is 8.97. The van der Waals surface area contributed by atoms with Crippen LogP contribution in [-0.4, -0.2) is 20.8 Å². The van der Waals surface area contributed by atoms with Crippen LogP contribution in [0.5, 0.6) is 0 Å². The minimum Gasteiger partial charge on any atom is -0.253 e. The summed E-state index contributed by atoms with van der Waals surface area (Å²) in [5.41, 5.74) is 1.17. The second-order valence-electron chi connectivity index (χ2n) is 2.40. The van der Waals surface area contributed by atoms with Crippen molar-refractivity contribution in [3.8, 4) is 0 Å². The molecule has 0 N–H and O–H groups in total. The molecule has 12 heavy (non-hydrogen) atoms. The molecule has 1 aromatic rings. The fourth-order valence-electron chi connectivity index (χ4n) is 0.838. The van der Waals surface area contributed by atoms with Crippen molar-refractivity contribution in [2.24, 2.45) is 0 Å². The molecule has 0 amide bonds. The van der Waals surface area contributed by atoms with Gasteiger partial charge in [0.05, 0.1) is 10.8 Å². The monoisotopic (exact) mass is 247 g/mol. The van der Waals surface area contributed by atoms with E-state index in [-0.39, 0.29) is 0 Å². The normalized spacial score (nSPS) is 12.8. The van der Waals surface area contributed by atoms with Gasteiger partial charge in [-0.15, -0.1) is 0 Å². The van der Waals surface area contributed by atoms with E-state index < -0.39 is 10.8 Å². The number of hydrogen-bond acceptors (Lipinski definition) is 2. The van der Waals surface area contributed by atoms with Gasteiger partial charge in [0, 0.05) is 17.8 Å². The summed E-state index contributed by atoms with van der Waals surface area (Å²) in [5, 5.41) is 1.58. The highest BCUT2D eigenvalue weighted by molar-refractivity contribution is 9.09. The highest BCUT2D eigenvalue weighted by atomic mass is 79.9. The van der Waals surface area contributed by atoms with Crippen LogP contribution in [0, 0.1) is 0 Å². The van der Waals surface area contributed by atoms with Crippen LogP contribution in [0.25, 0.3) is 0 Å². The van der Waals surface area contributed by atoms with Gasteiger partial charge in [-0.25, -0.2) is 4.98 Å². The first kappa shape index (κ1) is 9.86. The Labute approximate surface area is 83.0 Å². The van der Waals surface area contributed by atoms with Gasteiger partial charge in [-0.3, -0.25) is 4.21 Å². The fourth-order valence-corrected chi connectivity index (χ4v) is 1.76. The summed E-state index contributed by atoms with van der Waals surface area (Å²) in [5.74, 6) is 0. The van der Waals surface area contributed by atoms with Gasteiger partial charge in [-0.1, -0.05) is 22.0 Å². The molecular weight excluding hydrogens is 238 g/mol. The van der Waals surface area contributed by atoms with Crippen molar-refractivity contribution in [1.82, 2.24) is 4.98 Å². The van der Waals surface area contributed by atoms with Crippen molar-refractivity contribution < 1.29 is 4.21 Å². The summed E-state index contributed by atoms with van der Waals surface area (Å²) < 4.78 is 11.0. The molecule has 1 atom stereocenters. The summed E-state index contributed by atoms with van der Waals surface area (Å²) >= 11 is 3.35. The second kappa shape index (κ2) is 4.72. The van der Waals surface area contributed by atoms with E-state index in [0.717, 1.165) is 11.8 Å². The van der Waals surface area contributed by atoms with E-state index in [1.54, 1.807) is 12.5 Å². The molecule has 0 bridgehead atoms. The van der Waals surface area contributed by atoms with E-state index in [9.17, 15) is 4.21 Å². The van der Waals surface area contributed by atoms with Crippen LogP contribution in [0.15, 0.2) is 23.4 Å². The molecule has 0 aliphatic heterocycles.